The first-order chi connectivity index (χ1) is 13.5. The van der Waals surface area contributed by atoms with Crippen molar-refractivity contribution in [3.63, 3.8) is 0 Å². The number of hydrogen-bond acceptors (Lipinski definition) is 1. The topological polar surface area (TPSA) is 20.3 Å². The maximum atomic E-state index is 13.9. The maximum Gasteiger partial charge on any atom is 0.393 e. The fraction of sp³-hybridized carbons (Fsp3) is 0.929. The van der Waals surface area contributed by atoms with E-state index < -0.39 is 59.9 Å². The first-order valence-electron chi connectivity index (χ1n) is 8.14. The van der Waals surface area contributed by atoms with Crippen LogP contribution in [0.25, 0.3) is 0 Å². The molecule has 0 spiro atoms. The highest BCUT2D eigenvalue weighted by molar-refractivity contribution is 6.22. The Kier molecular flexibility index (Phi) is 7.15. The molecule has 0 aromatic carbocycles. The van der Waals surface area contributed by atoms with Crippen LogP contribution in [0, 0.1) is 0 Å². The largest absolute Gasteiger partial charge is 0.393 e. The molecule has 1 saturated heterocycles. The number of rotatable bonds is 7. The molecule has 1 heterocycles. The third kappa shape index (κ3) is 4.01. The van der Waals surface area contributed by atoms with Crippen molar-refractivity contribution >= 4 is 17.5 Å². The van der Waals surface area contributed by atoms with Crippen molar-refractivity contribution in [2.24, 2.45) is 0 Å². The number of nitrogens with zero attached hydrogens (tertiary/aromatic N) is 1. The smallest absolute Gasteiger partial charge is 0.337 e. The molecule has 1 aliphatic rings. The van der Waals surface area contributed by atoms with E-state index in [0.29, 0.717) is 0 Å². The number of amides is 1. The standard InChI is InChI=1S/C14H12ClF14NO/c15-14(28,29)13(26,27)12(24,25)11(22,23)10(20,21)9(18,19)8(16,17)7(31)30-5-3-1-2-4-6-30/h1-6H2. The minimum absolute atomic E-state index is 0.0883. The molecule has 2 nitrogen and oxygen atoms in total. The maximum absolute atomic E-state index is 13.9. The van der Waals surface area contributed by atoms with E-state index in [1.807, 2.05) is 0 Å². The van der Waals surface area contributed by atoms with Crippen LogP contribution in [0.15, 0.2) is 0 Å². The Balaban J connectivity index is 3.48. The molecule has 0 radical (unpaired) electrons. The average molecular weight is 512 g/mol. The van der Waals surface area contributed by atoms with Crippen LogP contribution in [0.3, 0.4) is 0 Å². The van der Waals surface area contributed by atoms with Crippen LogP contribution in [0.1, 0.15) is 25.7 Å². The molecule has 0 atom stereocenters. The lowest BCUT2D eigenvalue weighted by Gasteiger charge is -2.42. The minimum atomic E-state index is -8.23. The number of carbonyl (C=O) groups excluding carboxylic acids is 1. The lowest BCUT2D eigenvalue weighted by atomic mass is 9.91. The van der Waals surface area contributed by atoms with Crippen LogP contribution in [0.5, 0.6) is 0 Å². The molecule has 184 valence electrons. The van der Waals surface area contributed by atoms with E-state index in [4.69, 9.17) is 0 Å². The summed E-state index contributed by atoms with van der Waals surface area (Å²) in [6.45, 7) is -1.42. The van der Waals surface area contributed by atoms with Crippen LogP contribution >= 0.6 is 11.6 Å². The summed E-state index contributed by atoms with van der Waals surface area (Å²) >= 11 is 3.50. The van der Waals surface area contributed by atoms with Gasteiger partial charge in [-0.1, -0.05) is 12.8 Å². The lowest BCUT2D eigenvalue weighted by molar-refractivity contribution is -0.432. The fourth-order valence-electron chi connectivity index (χ4n) is 2.57. The van der Waals surface area contributed by atoms with E-state index in [1.54, 1.807) is 0 Å². The zero-order chi connectivity index (χ0) is 24.9. The Labute approximate surface area is 169 Å². The number of hydrogen-bond donors (Lipinski definition) is 0. The van der Waals surface area contributed by atoms with Gasteiger partial charge in [-0.15, -0.1) is 0 Å². The van der Waals surface area contributed by atoms with Crippen LogP contribution < -0.4 is 0 Å². The number of carbonyl (C=O) groups is 1. The van der Waals surface area contributed by atoms with Crippen molar-refractivity contribution < 1.29 is 66.3 Å². The van der Waals surface area contributed by atoms with E-state index >= 15 is 0 Å². The van der Waals surface area contributed by atoms with Crippen LogP contribution in [0.4, 0.5) is 61.5 Å². The Morgan fingerprint density at radius 2 is 0.871 bits per heavy atom. The van der Waals surface area contributed by atoms with Gasteiger partial charge in [-0.3, -0.25) is 4.79 Å². The van der Waals surface area contributed by atoms with E-state index in [9.17, 15) is 66.3 Å². The summed E-state index contributed by atoms with van der Waals surface area (Å²) in [5.74, 6) is -49.7. The zero-order valence-corrected chi connectivity index (χ0v) is 15.5. The molecule has 0 aromatic heterocycles. The van der Waals surface area contributed by atoms with Crippen molar-refractivity contribution in [3.8, 4) is 0 Å². The number of alkyl halides is 15. The minimum Gasteiger partial charge on any atom is -0.337 e. The third-order valence-electron chi connectivity index (χ3n) is 4.49. The van der Waals surface area contributed by atoms with Gasteiger partial charge >= 0.3 is 40.9 Å². The molecule has 1 rings (SSSR count). The molecule has 0 saturated carbocycles. The van der Waals surface area contributed by atoms with Gasteiger partial charge in [-0.25, -0.2) is 0 Å². The first kappa shape index (κ1) is 27.8. The Morgan fingerprint density at radius 1 is 0.548 bits per heavy atom. The van der Waals surface area contributed by atoms with Crippen molar-refractivity contribution in [2.45, 2.75) is 66.6 Å². The third-order valence-corrected chi connectivity index (χ3v) is 4.73. The summed E-state index contributed by atoms with van der Waals surface area (Å²) in [7, 11) is 0. The van der Waals surface area contributed by atoms with Crippen LogP contribution in [-0.4, -0.2) is 64.8 Å². The van der Waals surface area contributed by atoms with Crippen molar-refractivity contribution in [1.29, 1.82) is 0 Å². The second-order valence-electron chi connectivity index (χ2n) is 6.65. The molecule has 0 aromatic rings. The average Bonchev–Trinajstić information content (AvgIpc) is 2.88. The van der Waals surface area contributed by atoms with Gasteiger partial charge < -0.3 is 4.90 Å². The molecule has 17 heteroatoms. The summed E-state index contributed by atoms with van der Waals surface area (Å²) in [4.78, 5) is 11.5. The summed E-state index contributed by atoms with van der Waals surface area (Å²) in [6, 6.07) is 0. The summed E-state index contributed by atoms with van der Waals surface area (Å²) in [6.07, 6.45) is 0.395. The highest BCUT2D eigenvalue weighted by atomic mass is 35.5. The second-order valence-corrected chi connectivity index (χ2v) is 7.13. The predicted octanol–water partition coefficient (Wildman–Crippen LogP) is 6.03. The SMILES string of the molecule is O=C(N1CCCCCC1)C(F)(F)C(F)(F)C(F)(F)C(F)(F)C(F)(F)C(F)(F)C(F)(F)Cl. The van der Waals surface area contributed by atoms with Crippen molar-refractivity contribution in [3.05, 3.63) is 0 Å². The summed E-state index contributed by atoms with van der Waals surface area (Å²) in [5.41, 5.74) is 0. The Hall–Kier alpha value is -1.22. The molecule has 0 aliphatic carbocycles. The lowest BCUT2D eigenvalue weighted by Crippen LogP contribution is -2.74. The molecule has 31 heavy (non-hydrogen) atoms. The van der Waals surface area contributed by atoms with Gasteiger partial charge in [-0.2, -0.15) is 61.5 Å². The monoisotopic (exact) mass is 511 g/mol. The molecule has 1 fully saturated rings. The predicted molar refractivity (Wildman–Crippen MR) is 75.5 cm³/mol. The highest BCUT2D eigenvalue weighted by Gasteiger charge is 2.93. The molecule has 0 unspecified atom stereocenters. The molecule has 1 aliphatic heterocycles. The molecular weight excluding hydrogens is 500 g/mol. The number of halogens is 15. The number of likely N-dealkylation sites (tertiary alicyclic amines) is 1. The quantitative estimate of drug-likeness (QED) is 0.302. The van der Waals surface area contributed by atoms with Gasteiger partial charge in [0.05, 0.1) is 0 Å². The van der Waals surface area contributed by atoms with Gasteiger partial charge in [0.15, 0.2) is 0 Å². The van der Waals surface area contributed by atoms with Gasteiger partial charge in [0.25, 0.3) is 5.91 Å². The van der Waals surface area contributed by atoms with Gasteiger partial charge in [0.2, 0.25) is 0 Å². The van der Waals surface area contributed by atoms with Crippen LogP contribution in [-0.2, 0) is 4.79 Å². The normalized spacial score (nSPS) is 18.7. The molecule has 1 amide bonds. The first-order valence-corrected chi connectivity index (χ1v) is 8.52. The van der Waals surface area contributed by atoms with E-state index in [2.05, 4.69) is 11.6 Å². The fourth-order valence-corrected chi connectivity index (χ4v) is 2.69. The summed E-state index contributed by atoms with van der Waals surface area (Å²) < 4.78 is 187. The van der Waals surface area contributed by atoms with E-state index in [1.165, 1.54) is 0 Å². The molecular formula is C14H12ClF14NO. The van der Waals surface area contributed by atoms with Crippen LogP contribution in [0.2, 0.25) is 0 Å². The summed E-state index contributed by atoms with van der Waals surface area (Å²) in [5, 5.41) is -6.68. The molecule has 0 N–H and O–H groups in total. The van der Waals surface area contributed by atoms with E-state index in [0.717, 1.165) is 0 Å². The van der Waals surface area contributed by atoms with Gasteiger partial charge in [0, 0.05) is 13.1 Å². The highest BCUT2D eigenvalue weighted by Crippen LogP contribution is 2.62. The second kappa shape index (κ2) is 7.97. The molecule has 0 bridgehead atoms. The van der Waals surface area contributed by atoms with Gasteiger partial charge in [0.1, 0.15) is 0 Å². The zero-order valence-electron chi connectivity index (χ0n) is 14.8. The Morgan fingerprint density at radius 3 is 1.23 bits per heavy atom. The van der Waals surface area contributed by atoms with Gasteiger partial charge in [-0.05, 0) is 24.4 Å². The Bertz CT molecular complexity index is 666. The van der Waals surface area contributed by atoms with Crippen molar-refractivity contribution in [2.75, 3.05) is 13.1 Å². The van der Waals surface area contributed by atoms with Crippen molar-refractivity contribution in [1.82, 2.24) is 4.90 Å². The van der Waals surface area contributed by atoms with E-state index in [-0.39, 0.29) is 30.6 Å².